The van der Waals surface area contributed by atoms with Crippen molar-refractivity contribution in [1.29, 1.82) is 0 Å². The molecule has 1 fully saturated rings. The Labute approximate surface area is 141 Å². The van der Waals surface area contributed by atoms with Crippen molar-refractivity contribution in [2.45, 2.75) is 58.7 Å². The minimum Gasteiger partial charge on any atom is -0.444 e. The minimum absolute atomic E-state index is 0.0422. The molecular formula is C16H25N3O3S. The molecule has 2 rings (SSSR count). The number of thiazole rings is 1. The Morgan fingerprint density at radius 3 is 2.74 bits per heavy atom. The quantitative estimate of drug-likeness (QED) is 0.849. The number of aryl methyl sites for hydroxylation is 1. The molecule has 0 bridgehead atoms. The Morgan fingerprint density at radius 2 is 2.17 bits per heavy atom. The van der Waals surface area contributed by atoms with Crippen LogP contribution in [0, 0.1) is 6.92 Å². The summed E-state index contributed by atoms with van der Waals surface area (Å²) in [7, 11) is 1.77. The molecule has 0 aliphatic carbocycles. The summed E-state index contributed by atoms with van der Waals surface area (Å²) >= 11 is 1.58. The lowest BCUT2D eigenvalue weighted by Crippen LogP contribution is -2.47. The molecule has 0 N–H and O–H groups in total. The first-order valence-corrected chi connectivity index (χ1v) is 8.65. The minimum atomic E-state index is -0.556. The van der Waals surface area contributed by atoms with Crippen LogP contribution in [0.15, 0.2) is 6.20 Å². The number of amides is 2. The van der Waals surface area contributed by atoms with Gasteiger partial charge in [0.25, 0.3) is 0 Å². The third kappa shape index (κ3) is 4.67. The van der Waals surface area contributed by atoms with Crippen LogP contribution in [0.25, 0.3) is 0 Å². The molecule has 2 amide bonds. The molecule has 1 aromatic heterocycles. The van der Waals surface area contributed by atoms with Crippen molar-refractivity contribution in [2.24, 2.45) is 0 Å². The molecule has 0 saturated carbocycles. The van der Waals surface area contributed by atoms with Crippen molar-refractivity contribution in [1.82, 2.24) is 14.8 Å². The summed E-state index contributed by atoms with van der Waals surface area (Å²) in [6.45, 7) is 8.52. The van der Waals surface area contributed by atoms with E-state index < -0.39 is 17.7 Å². The van der Waals surface area contributed by atoms with Gasteiger partial charge in [-0.2, -0.15) is 0 Å². The van der Waals surface area contributed by atoms with Crippen molar-refractivity contribution < 1.29 is 14.3 Å². The lowest BCUT2D eigenvalue weighted by Gasteiger charge is -2.30. The normalized spacial score (nSPS) is 18.1. The number of hydrogen-bond donors (Lipinski definition) is 0. The van der Waals surface area contributed by atoms with Crippen molar-refractivity contribution in [3.63, 3.8) is 0 Å². The van der Waals surface area contributed by atoms with Crippen LogP contribution < -0.4 is 0 Å². The van der Waals surface area contributed by atoms with Crippen LogP contribution in [-0.4, -0.2) is 52.0 Å². The van der Waals surface area contributed by atoms with Crippen LogP contribution in [-0.2, 0) is 16.1 Å². The van der Waals surface area contributed by atoms with Crippen molar-refractivity contribution in [3.8, 4) is 0 Å². The monoisotopic (exact) mass is 339 g/mol. The van der Waals surface area contributed by atoms with Gasteiger partial charge in [0.05, 0.1) is 11.6 Å². The lowest BCUT2D eigenvalue weighted by atomic mass is 10.2. The van der Waals surface area contributed by atoms with Gasteiger partial charge in [0.15, 0.2) is 0 Å². The maximum absolute atomic E-state index is 12.7. The second-order valence-electron chi connectivity index (χ2n) is 6.87. The Hall–Kier alpha value is -1.63. The molecule has 1 atom stereocenters. The number of carbonyl (C=O) groups is 2. The van der Waals surface area contributed by atoms with E-state index in [4.69, 9.17) is 4.74 Å². The molecule has 128 valence electrons. The molecule has 1 unspecified atom stereocenters. The standard InChI is InChI=1S/C16H25N3O3S/c1-11-17-9-12(23-11)10-18(5)14(20)13-7-6-8-19(13)15(21)22-16(2,3)4/h9,13H,6-8,10H2,1-5H3. The van der Waals surface area contributed by atoms with Gasteiger partial charge in [-0.05, 0) is 40.5 Å². The number of likely N-dealkylation sites (N-methyl/N-ethyl adjacent to an activating group) is 1. The van der Waals surface area contributed by atoms with Gasteiger partial charge in [0, 0.05) is 24.7 Å². The predicted molar refractivity (Wildman–Crippen MR) is 89.3 cm³/mol. The summed E-state index contributed by atoms with van der Waals surface area (Å²) in [4.78, 5) is 33.5. The smallest absolute Gasteiger partial charge is 0.410 e. The summed E-state index contributed by atoms with van der Waals surface area (Å²) in [5.41, 5.74) is -0.556. The topological polar surface area (TPSA) is 62.7 Å². The Morgan fingerprint density at radius 1 is 1.48 bits per heavy atom. The van der Waals surface area contributed by atoms with Crippen molar-refractivity contribution >= 4 is 23.3 Å². The van der Waals surface area contributed by atoms with Gasteiger partial charge in [-0.1, -0.05) is 0 Å². The number of hydrogen-bond acceptors (Lipinski definition) is 5. The third-order valence-corrected chi connectivity index (χ3v) is 4.50. The highest BCUT2D eigenvalue weighted by Crippen LogP contribution is 2.23. The highest BCUT2D eigenvalue weighted by atomic mass is 32.1. The average Bonchev–Trinajstić information content (AvgIpc) is 3.04. The van der Waals surface area contributed by atoms with Gasteiger partial charge >= 0.3 is 6.09 Å². The van der Waals surface area contributed by atoms with Crippen LogP contribution in [0.1, 0.15) is 43.5 Å². The largest absolute Gasteiger partial charge is 0.444 e. The van der Waals surface area contributed by atoms with E-state index in [0.29, 0.717) is 19.5 Å². The second kappa shape index (κ2) is 6.86. The molecule has 0 radical (unpaired) electrons. The summed E-state index contributed by atoms with van der Waals surface area (Å²) in [5.74, 6) is -0.0422. The maximum atomic E-state index is 12.7. The van der Waals surface area contributed by atoms with Gasteiger partial charge < -0.3 is 9.64 Å². The van der Waals surface area contributed by atoms with Gasteiger partial charge in [-0.25, -0.2) is 9.78 Å². The maximum Gasteiger partial charge on any atom is 0.410 e. The van der Waals surface area contributed by atoms with Crippen LogP contribution in [0.3, 0.4) is 0 Å². The second-order valence-corrected chi connectivity index (χ2v) is 8.19. The zero-order valence-electron chi connectivity index (χ0n) is 14.5. The van der Waals surface area contributed by atoms with E-state index in [9.17, 15) is 9.59 Å². The molecule has 1 aliphatic heterocycles. The van der Waals surface area contributed by atoms with Gasteiger partial charge in [-0.15, -0.1) is 11.3 Å². The van der Waals surface area contributed by atoms with Gasteiger partial charge in [-0.3, -0.25) is 9.69 Å². The molecule has 6 nitrogen and oxygen atoms in total. The molecule has 2 heterocycles. The Kier molecular flexibility index (Phi) is 5.29. The Balaban J connectivity index is 2.00. The van der Waals surface area contributed by atoms with Crippen LogP contribution in [0.5, 0.6) is 0 Å². The zero-order valence-corrected chi connectivity index (χ0v) is 15.3. The van der Waals surface area contributed by atoms with E-state index in [1.807, 2.05) is 27.7 Å². The van der Waals surface area contributed by atoms with Gasteiger partial charge in [0.1, 0.15) is 11.6 Å². The van der Waals surface area contributed by atoms with E-state index in [-0.39, 0.29) is 5.91 Å². The number of rotatable bonds is 3. The van der Waals surface area contributed by atoms with E-state index in [1.165, 1.54) is 0 Å². The summed E-state index contributed by atoms with van der Waals surface area (Å²) in [6, 6.07) is -0.427. The zero-order chi connectivity index (χ0) is 17.2. The Bertz CT molecular complexity index is 579. The summed E-state index contributed by atoms with van der Waals surface area (Å²) < 4.78 is 5.41. The molecule has 7 heteroatoms. The molecule has 1 saturated heterocycles. The lowest BCUT2D eigenvalue weighted by molar-refractivity contribution is -0.135. The molecule has 23 heavy (non-hydrogen) atoms. The third-order valence-electron chi connectivity index (χ3n) is 3.60. The average molecular weight is 339 g/mol. The summed E-state index contributed by atoms with van der Waals surface area (Å²) in [5, 5.41) is 0.983. The fraction of sp³-hybridized carbons (Fsp3) is 0.688. The molecule has 0 aromatic carbocycles. The molecule has 1 aliphatic rings. The van der Waals surface area contributed by atoms with Crippen molar-refractivity contribution in [3.05, 3.63) is 16.1 Å². The fourth-order valence-electron chi connectivity index (χ4n) is 2.61. The highest BCUT2D eigenvalue weighted by Gasteiger charge is 2.37. The van der Waals surface area contributed by atoms with E-state index in [2.05, 4.69) is 4.98 Å². The highest BCUT2D eigenvalue weighted by molar-refractivity contribution is 7.11. The number of ether oxygens (including phenoxy) is 1. The molecular weight excluding hydrogens is 314 g/mol. The van der Waals surface area contributed by atoms with Crippen molar-refractivity contribution in [2.75, 3.05) is 13.6 Å². The molecule has 1 aromatic rings. The first-order valence-electron chi connectivity index (χ1n) is 7.83. The van der Waals surface area contributed by atoms with E-state index in [0.717, 1.165) is 16.3 Å². The van der Waals surface area contributed by atoms with Crippen LogP contribution in [0.4, 0.5) is 4.79 Å². The first-order chi connectivity index (χ1) is 10.7. The molecule has 0 spiro atoms. The first kappa shape index (κ1) is 17.7. The number of likely N-dealkylation sites (tertiary alicyclic amines) is 1. The van der Waals surface area contributed by atoms with Gasteiger partial charge in [0.2, 0.25) is 5.91 Å². The van der Waals surface area contributed by atoms with E-state index in [1.54, 1.807) is 34.4 Å². The van der Waals surface area contributed by atoms with Crippen LogP contribution in [0.2, 0.25) is 0 Å². The van der Waals surface area contributed by atoms with Crippen LogP contribution >= 0.6 is 11.3 Å². The fourth-order valence-corrected chi connectivity index (χ4v) is 3.46. The SMILES string of the molecule is Cc1ncc(CN(C)C(=O)C2CCCN2C(=O)OC(C)(C)C)s1. The number of aromatic nitrogens is 1. The van der Waals surface area contributed by atoms with E-state index >= 15 is 0 Å². The predicted octanol–water partition coefficient (Wildman–Crippen LogP) is 2.81. The summed E-state index contributed by atoms with van der Waals surface area (Å²) in [6.07, 6.45) is 2.90. The number of nitrogens with zero attached hydrogens (tertiary/aromatic N) is 3. The number of carbonyl (C=O) groups excluding carboxylic acids is 2.